The highest BCUT2D eigenvalue weighted by molar-refractivity contribution is 8.00. The second kappa shape index (κ2) is 9.13. The Morgan fingerprint density at radius 3 is 2.33 bits per heavy atom. The fourth-order valence-corrected chi connectivity index (χ4v) is 4.07. The van der Waals surface area contributed by atoms with Gasteiger partial charge in [-0.15, -0.1) is 10.2 Å². The number of imide groups is 1. The monoisotopic (exact) mass is 423 g/mol. The lowest BCUT2D eigenvalue weighted by molar-refractivity contribution is -0.120. The fraction of sp³-hybridized carbons (Fsp3) is 0.273. The summed E-state index contributed by atoms with van der Waals surface area (Å²) in [5, 5.41) is 11.0. The van der Waals surface area contributed by atoms with Crippen molar-refractivity contribution in [1.82, 2.24) is 20.1 Å². The van der Waals surface area contributed by atoms with E-state index in [-0.39, 0.29) is 5.92 Å². The van der Waals surface area contributed by atoms with E-state index in [9.17, 15) is 9.59 Å². The molecule has 0 spiro atoms. The molecule has 0 aliphatic rings. The van der Waals surface area contributed by atoms with E-state index in [0.29, 0.717) is 11.0 Å². The van der Waals surface area contributed by atoms with Crippen LogP contribution in [-0.4, -0.2) is 32.0 Å². The van der Waals surface area contributed by atoms with Crippen molar-refractivity contribution in [2.45, 2.75) is 38.1 Å². The molecule has 1 atom stereocenters. The molecular formula is C22H25N5O2S. The molecule has 3 aromatic rings. The maximum Gasteiger partial charge on any atom is 0.318 e. The van der Waals surface area contributed by atoms with Gasteiger partial charge in [0.2, 0.25) is 5.91 Å². The van der Waals surface area contributed by atoms with Crippen LogP contribution in [0.15, 0.2) is 53.7 Å². The average molecular weight is 424 g/mol. The molecule has 3 amide bonds. The molecule has 0 bridgehead atoms. The SMILES string of the molecule is Cc1ccc(-n2c(S[C@@H](C(=O)NC(N)=O)C(C)C)nnc2-c2ccccc2)cc1C. The molecule has 3 N–H and O–H groups in total. The van der Waals surface area contributed by atoms with E-state index in [0.717, 1.165) is 16.8 Å². The van der Waals surface area contributed by atoms with Crippen LogP contribution in [0.2, 0.25) is 0 Å². The van der Waals surface area contributed by atoms with Crippen molar-refractivity contribution in [1.29, 1.82) is 0 Å². The van der Waals surface area contributed by atoms with E-state index < -0.39 is 17.2 Å². The number of urea groups is 1. The number of carbonyl (C=O) groups excluding carboxylic acids is 2. The van der Waals surface area contributed by atoms with Gasteiger partial charge in [0.1, 0.15) is 0 Å². The highest BCUT2D eigenvalue weighted by Crippen LogP contribution is 2.33. The van der Waals surface area contributed by atoms with E-state index in [4.69, 9.17) is 5.73 Å². The minimum Gasteiger partial charge on any atom is -0.351 e. The predicted molar refractivity (Wildman–Crippen MR) is 118 cm³/mol. The summed E-state index contributed by atoms with van der Waals surface area (Å²) in [6, 6.07) is 15.0. The van der Waals surface area contributed by atoms with Gasteiger partial charge in [0, 0.05) is 5.56 Å². The molecule has 2 aromatic carbocycles. The first-order chi connectivity index (χ1) is 14.3. The summed E-state index contributed by atoms with van der Waals surface area (Å²) in [4.78, 5) is 23.7. The summed E-state index contributed by atoms with van der Waals surface area (Å²) in [6.45, 7) is 7.93. The van der Waals surface area contributed by atoms with Crippen LogP contribution in [0.5, 0.6) is 0 Å². The van der Waals surface area contributed by atoms with Gasteiger partial charge in [-0.25, -0.2) is 4.79 Å². The van der Waals surface area contributed by atoms with Crippen molar-refractivity contribution in [3.8, 4) is 17.1 Å². The van der Waals surface area contributed by atoms with Crippen LogP contribution in [0.3, 0.4) is 0 Å². The average Bonchev–Trinajstić information content (AvgIpc) is 3.11. The van der Waals surface area contributed by atoms with Gasteiger partial charge in [0.25, 0.3) is 0 Å². The third kappa shape index (κ3) is 4.71. The topological polar surface area (TPSA) is 103 Å². The number of amides is 3. The molecule has 0 fully saturated rings. The van der Waals surface area contributed by atoms with Crippen LogP contribution in [0, 0.1) is 19.8 Å². The van der Waals surface area contributed by atoms with Gasteiger partial charge in [-0.2, -0.15) is 0 Å². The number of benzene rings is 2. The quantitative estimate of drug-likeness (QED) is 0.586. The van der Waals surface area contributed by atoms with E-state index in [2.05, 4.69) is 35.4 Å². The predicted octanol–water partition coefficient (Wildman–Crippen LogP) is 3.86. The van der Waals surface area contributed by atoms with Gasteiger partial charge in [-0.05, 0) is 43.0 Å². The van der Waals surface area contributed by atoms with Crippen LogP contribution in [0.25, 0.3) is 17.1 Å². The fourth-order valence-electron chi connectivity index (χ4n) is 3.02. The maximum atomic E-state index is 12.5. The highest BCUT2D eigenvalue weighted by Gasteiger charge is 2.28. The Morgan fingerprint density at radius 1 is 1.03 bits per heavy atom. The van der Waals surface area contributed by atoms with E-state index in [1.54, 1.807) is 0 Å². The summed E-state index contributed by atoms with van der Waals surface area (Å²) in [5.41, 5.74) is 9.29. The lowest BCUT2D eigenvalue weighted by atomic mass is 10.1. The Hall–Kier alpha value is -3.13. The minimum atomic E-state index is -0.869. The smallest absolute Gasteiger partial charge is 0.318 e. The van der Waals surface area contributed by atoms with E-state index >= 15 is 0 Å². The summed E-state index contributed by atoms with van der Waals surface area (Å²) >= 11 is 1.26. The van der Waals surface area contributed by atoms with Gasteiger partial charge in [0.15, 0.2) is 11.0 Å². The van der Waals surface area contributed by atoms with Gasteiger partial charge in [0.05, 0.1) is 10.9 Å². The zero-order valence-electron chi connectivity index (χ0n) is 17.4. The van der Waals surface area contributed by atoms with Crippen LogP contribution >= 0.6 is 11.8 Å². The largest absolute Gasteiger partial charge is 0.351 e. The lowest BCUT2D eigenvalue weighted by Crippen LogP contribution is -2.42. The van der Waals surface area contributed by atoms with Gasteiger partial charge in [-0.1, -0.05) is 62.0 Å². The molecule has 0 radical (unpaired) electrons. The second-order valence-corrected chi connectivity index (χ2v) is 8.52. The van der Waals surface area contributed by atoms with Crippen molar-refractivity contribution in [2.75, 3.05) is 0 Å². The minimum absolute atomic E-state index is 0.0561. The van der Waals surface area contributed by atoms with Crippen LogP contribution in [0.4, 0.5) is 4.79 Å². The number of nitrogens with zero attached hydrogens (tertiary/aromatic N) is 3. The number of hydrogen-bond donors (Lipinski definition) is 2. The number of hydrogen-bond acceptors (Lipinski definition) is 5. The first kappa shape index (κ1) is 21.6. The first-order valence-corrected chi connectivity index (χ1v) is 10.5. The van der Waals surface area contributed by atoms with Crippen LogP contribution in [0.1, 0.15) is 25.0 Å². The number of carbonyl (C=O) groups is 2. The number of nitrogens with one attached hydrogen (secondary N) is 1. The van der Waals surface area contributed by atoms with Crippen molar-refractivity contribution in [3.63, 3.8) is 0 Å². The zero-order valence-corrected chi connectivity index (χ0v) is 18.2. The van der Waals surface area contributed by atoms with Gasteiger partial charge < -0.3 is 5.73 Å². The number of aromatic nitrogens is 3. The number of nitrogens with two attached hydrogens (primary N) is 1. The Balaban J connectivity index is 2.10. The van der Waals surface area contributed by atoms with E-state index in [1.807, 2.05) is 60.9 Å². The third-order valence-corrected chi connectivity index (χ3v) is 6.24. The number of primary amides is 1. The van der Waals surface area contributed by atoms with Crippen LogP contribution < -0.4 is 11.1 Å². The summed E-state index contributed by atoms with van der Waals surface area (Å²) in [7, 11) is 0. The molecule has 0 saturated carbocycles. The molecule has 8 heteroatoms. The van der Waals surface area contributed by atoms with Crippen molar-refractivity contribution in [2.24, 2.45) is 11.7 Å². The molecule has 156 valence electrons. The Bertz CT molecular complexity index is 1060. The van der Waals surface area contributed by atoms with Crippen LogP contribution in [-0.2, 0) is 4.79 Å². The zero-order chi connectivity index (χ0) is 21.8. The molecule has 0 aliphatic heterocycles. The van der Waals surface area contributed by atoms with Gasteiger partial charge >= 0.3 is 6.03 Å². The Morgan fingerprint density at radius 2 is 1.73 bits per heavy atom. The summed E-state index contributed by atoms with van der Waals surface area (Å²) in [5.74, 6) is 0.178. The number of thioether (sulfide) groups is 1. The van der Waals surface area contributed by atoms with Crippen molar-refractivity contribution >= 4 is 23.7 Å². The molecule has 3 rings (SSSR count). The lowest BCUT2D eigenvalue weighted by Gasteiger charge is -2.19. The molecule has 1 aromatic heterocycles. The molecule has 7 nitrogen and oxygen atoms in total. The number of aryl methyl sites for hydroxylation is 2. The molecular weight excluding hydrogens is 398 g/mol. The normalized spacial score (nSPS) is 12.0. The second-order valence-electron chi connectivity index (χ2n) is 7.41. The molecule has 0 unspecified atom stereocenters. The highest BCUT2D eigenvalue weighted by atomic mass is 32.2. The standard InChI is InChI=1S/C22H25N5O2S/c1-13(2)18(20(28)24-21(23)29)30-22-26-25-19(16-8-6-5-7-9-16)27(22)17-11-10-14(3)15(4)12-17/h5-13,18H,1-4H3,(H3,23,24,28,29)/t18-/m1/s1. The van der Waals surface area contributed by atoms with Gasteiger partial charge in [-0.3, -0.25) is 14.7 Å². The third-order valence-electron chi connectivity index (χ3n) is 4.76. The Labute approximate surface area is 180 Å². The van der Waals surface area contributed by atoms with Crippen molar-refractivity contribution < 1.29 is 9.59 Å². The summed E-state index contributed by atoms with van der Waals surface area (Å²) in [6.07, 6.45) is 0. The first-order valence-electron chi connectivity index (χ1n) is 9.63. The molecule has 30 heavy (non-hydrogen) atoms. The molecule has 0 aliphatic carbocycles. The van der Waals surface area contributed by atoms with E-state index in [1.165, 1.54) is 17.3 Å². The summed E-state index contributed by atoms with van der Waals surface area (Å²) < 4.78 is 1.94. The van der Waals surface area contributed by atoms with Crippen molar-refractivity contribution in [3.05, 3.63) is 59.7 Å². The Kier molecular flexibility index (Phi) is 6.56. The molecule has 0 saturated heterocycles. The maximum absolute atomic E-state index is 12.5. The number of rotatable bonds is 6. The molecule has 1 heterocycles.